The van der Waals surface area contributed by atoms with Gasteiger partial charge in [-0.3, -0.25) is 9.59 Å². The van der Waals surface area contributed by atoms with Crippen LogP contribution in [-0.4, -0.2) is 143 Å². The summed E-state index contributed by atoms with van der Waals surface area (Å²) in [4.78, 5) is 29.2. The van der Waals surface area contributed by atoms with E-state index in [0.29, 0.717) is 6.42 Å². The number of aliphatic hydroxyl groups excluding tert-OH is 2. The number of rotatable bonds is 7. The van der Waals surface area contributed by atoms with Crippen LogP contribution >= 0.6 is 0 Å². The summed E-state index contributed by atoms with van der Waals surface area (Å²) in [5.41, 5.74) is -4.34. The molecule has 3 fully saturated rings. The molecular formula is C35H64N2O12. The Morgan fingerprint density at radius 3 is 2.16 bits per heavy atom. The second kappa shape index (κ2) is 16.5. The van der Waals surface area contributed by atoms with Gasteiger partial charge in [0.1, 0.15) is 23.9 Å². The van der Waals surface area contributed by atoms with E-state index in [1.54, 1.807) is 48.5 Å². The molecule has 0 aromatic rings. The number of hydrogen-bond donors (Lipinski definition) is 5. The summed E-state index contributed by atoms with van der Waals surface area (Å²) < 4.78 is 37.0. The Hall–Kier alpha value is -1.46. The molecular weight excluding hydrogens is 640 g/mol. The molecule has 3 heterocycles. The van der Waals surface area contributed by atoms with Crippen molar-refractivity contribution in [3.05, 3.63) is 0 Å². The van der Waals surface area contributed by atoms with Crippen LogP contribution in [0, 0.1) is 17.8 Å². The van der Waals surface area contributed by atoms with Crippen LogP contribution in [0.15, 0.2) is 0 Å². The lowest BCUT2D eigenvalue weighted by molar-refractivity contribution is -0.317. The van der Waals surface area contributed by atoms with Crippen molar-refractivity contribution in [2.24, 2.45) is 17.8 Å². The van der Waals surface area contributed by atoms with Gasteiger partial charge in [0.25, 0.3) is 0 Å². The van der Waals surface area contributed by atoms with E-state index in [1.807, 2.05) is 25.9 Å². The minimum absolute atomic E-state index is 0.0703. The SMILES string of the molecule is CC[C@@H]1OC(=O)[C@H](C)[C@H](O[C@H]2C[C@@](C)(OC)[C@@H](O)[C@H](C)O2)[C@H](C)[C@@H](O[C@@H]2O[C@H](C)C[C@H](N(C)C)[C@H]2O)[C@](C)(O)C[C@@H](C)C(=O)NC[C@]1(C)O. The van der Waals surface area contributed by atoms with Gasteiger partial charge >= 0.3 is 5.97 Å². The van der Waals surface area contributed by atoms with E-state index in [-0.39, 0.29) is 38.0 Å². The van der Waals surface area contributed by atoms with Gasteiger partial charge in [0, 0.05) is 38.0 Å². The monoisotopic (exact) mass is 704 g/mol. The average Bonchev–Trinajstić information content (AvgIpc) is 3.02. The predicted molar refractivity (Wildman–Crippen MR) is 179 cm³/mol. The lowest BCUT2D eigenvalue weighted by Gasteiger charge is -2.49. The van der Waals surface area contributed by atoms with Crippen LogP contribution in [-0.2, 0) is 38.0 Å². The van der Waals surface area contributed by atoms with Gasteiger partial charge < -0.3 is 59.1 Å². The normalized spacial score (nSPS) is 48.1. The Morgan fingerprint density at radius 1 is 0.959 bits per heavy atom. The molecule has 49 heavy (non-hydrogen) atoms. The molecule has 16 atom stereocenters. The fourth-order valence-electron chi connectivity index (χ4n) is 7.69. The van der Waals surface area contributed by atoms with Gasteiger partial charge in [-0.15, -0.1) is 0 Å². The van der Waals surface area contributed by atoms with E-state index in [0.717, 1.165) is 0 Å². The van der Waals surface area contributed by atoms with Crippen molar-refractivity contribution in [1.82, 2.24) is 10.2 Å². The fourth-order valence-corrected chi connectivity index (χ4v) is 7.69. The van der Waals surface area contributed by atoms with E-state index in [4.69, 9.17) is 28.4 Å². The first-order valence-electron chi connectivity index (χ1n) is 17.7. The minimum atomic E-state index is -1.73. The largest absolute Gasteiger partial charge is 0.459 e. The number of hydrogen-bond acceptors (Lipinski definition) is 13. The second-order valence-corrected chi connectivity index (χ2v) is 15.7. The number of likely N-dealkylation sites (N-methyl/N-ethyl adjacent to an activating group) is 1. The molecule has 0 radical (unpaired) electrons. The molecule has 3 saturated heterocycles. The van der Waals surface area contributed by atoms with Crippen LogP contribution in [0.25, 0.3) is 0 Å². The number of carbonyl (C=O) groups excluding carboxylic acids is 2. The number of aliphatic hydroxyl groups is 4. The number of amides is 1. The van der Waals surface area contributed by atoms with Crippen molar-refractivity contribution in [1.29, 1.82) is 0 Å². The van der Waals surface area contributed by atoms with E-state index in [2.05, 4.69) is 5.32 Å². The number of carbonyl (C=O) groups is 2. The van der Waals surface area contributed by atoms with E-state index < -0.39 is 95.6 Å². The first-order chi connectivity index (χ1) is 22.6. The quantitative estimate of drug-likeness (QED) is 0.240. The first-order valence-corrected chi connectivity index (χ1v) is 17.7. The molecule has 286 valence electrons. The molecule has 3 aliphatic heterocycles. The molecule has 3 rings (SSSR count). The fraction of sp³-hybridized carbons (Fsp3) is 0.943. The summed E-state index contributed by atoms with van der Waals surface area (Å²) in [6.07, 6.45) is -7.34. The highest BCUT2D eigenvalue weighted by Crippen LogP contribution is 2.39. The molecule has 0 spiro atoms. The number of ether oxygens (including phenoxy) is 6. The Kier molecular flexibility index (Phi) is 14.1. The molecule has 0 unspecified atom stereocenters. The summed E-state index contributed by atoms with van der Waals surface area (Å²) in [6, 6.07) is -0.299. The van der Waals surface area contributed by atoms with Crippen molar-refractivity contribution in [3.8, 4) is 0 Å². The summed E-state index contributed by atoms with van der Waals surface area (Å²) in [6.45, 7) is 15.0. The van der Waals surface area contributed by atoms with Gasteiger partial charge in [-0.2, -0.15) is 0 Å². The number of methoxy groups -OCH3 is 1. The van der Waals surface area contributed by atoms with Gasteiger partial charge in [-0.05, 0) is 74.9 Å². The van der Waals surface area contributed by atoms with Crippen LogP contribution in [0.2, 0.25) is 0 Å². The number of nitrogens with zero attached hydrogens (tertiary/aromatic N) is 1. The highest BCUT2D eigenvalue weighted by molar-refractivity contribution is 5.78. The van der Waals surface area contributed by atoms with Crippen LogP contribution in [0.3, 0.4) is 0 Å². The summed E-state index contributed by atoms with van der Waals surface area (Å²) in [7, 11) is 5.21. The third-order valence-electron chi connectivity index (χ3n) is 10.9. The number of cyclic esters (lactones) is 1. The third kappa shape index (κ3) is 9.70. The number of β-amino-alcohol motifs (C(OH)–C–C–N with tert-alkyl or cyclic N) is 1. The summed E-state index contributed by atoms with van der Waals surface area (Å²) in [5.74, 6) is -3.61. The van der Waals surface area contributed by atoms with Crippen LogP contribution in [0.4, 0.5) is 0 Å². The standard InChI is InChI=1S/C35H64N2O12/c1-13-24-34(8,43)17-36-30(40)18(2)15-33(7,42)29(49-32-26(38)23(37(10)11)14-19(3)45-32)20(4)27(21(5)31(41)47-24)48-25-16-35(9,44-12)28(39)22(6)46-25/h18-29,32,38-39,42-43H,13-17H2,1-12H3,(H,36,40)/t18-,19-,20+,21-,22+,23+,24+,25+,26-,27-,28+,29-,32+,33-,34+,35-/m1/s1. The van der Waals surface area contributed by atoms with Gasteiger partial charge in [-0.1, -0.05) is 20.8 Å². The third-order valence-corrected chi connectivity index (χ3v) is 10.9. The predicted octanol–water partition coefficient (Wildman–Crippen LogP) is 1.34. The molecule has 3 aliphatic rings. The smallest absolute Gasteiger partial charge is 0.311 e. The van der Waals surface area contributed by atoms with Gasteiger partial charge in [0.05, 0.1) is 41.5 Å². The minimum Gasteiger partial charge on any atom is -0.459 e. The lowest BCUT2D eigenvalue weighted by atomic mass is 9.77. The zero-order valence-corrected chi connectivity index (χ0v) is 31.5. The highest BCUT2D eigenvalue weighted by Gasteiger charge is 2.52. The van der Waals surface area contributed by atoms with Crippen LogP contribution < -0.4 is 5.32 Å². The van der Waals surface area contributed by atoms with Crippen LogP contribution in [0.5, 0.6) is 0 Å². The number of nitrogens with one attached hydrogen (secondary N) is 1. The molecule has 0 bridgehead atoms. The molecule has 0 aromatic heterocycles. The zero-order chi connectivity index (χ0) is 37.2. The van der Waals surface area contributed by atoms with E-state index >= 15 is 0 Å². The second-order valence-electron chi connectivity index (χ2n) is 15.7. The summed E-state index contributed by atoms with van der Waals surface area (Å²) in [5, 5.41) is 48.6. The maximum atomic E-state index is 13.9. The molecule has 0 saturated carbocycles. The van der Waals surface area contributed by atoms with Crippen molar-refractivity contribution >= 4 is 11.9 Å². The van der Waals surface area contributed by atoms with Crippen molar-refractivity contribution in [2.75, 3.05) is 27.7 Å². The van der Waals surface area contributed by atoms with Crippen molar-refractivity contribution < 1.29 is 58.4 Å². The Morgan fingerprint density at radius 2 is 1.59 bits per heavy atom. The average molecular weight is 705 g/mol. The molecule has 5 N–H and O–H groups in total. The maximum absolute atomic E-state index is 13.9. The first kappa shape index (κ1) is 42.0. The molecule has 0 aromatic carbocycles. The zero-order valence-electron chi connectivity index (χ0n) is 31.5. The Balaban J connectivity index is 2.13. The van der Waals surface area contributed by atoms with E-state index in [9.17, 15) is 30.0 Å². The number of esters is 1. The highest BCUT2D eigenvalue weighted by atomic mass is 16.7. The molecule has 0 aliphatic carbocycles. The lowest BCUT2D eigenvalue weighted by Crippen LogP contribution is -2.61. The summed E-state index contributed by atoms with van der Waals surface area (Å²) >= 11 is 0. The van der Waals surface area contributed by atoms with Crippen molar-refractivity contribution in [3.63, 3.8) is 0 Å². The topological polar surface area (TPSA) is 186 Å². The van der Waals surface area contributed by atoms with E-state index in [1.165, 1.54) is 14.0 Å². The van der Waals surface area contributed by atoms with Crippen LogP contribution in [0.1, 0.15) is 88.0 Å². The van der Waals surface area contributed by atoms with Gasteiger partial charge in [-0.25, -0.2) is 0 Å². The maximum Gasteiger partial charge on any atom is 0.311 e. The van der Waals surface area contributed by atoms with Crippen molar-refractivity contribution in [2.45, 2.75) is 166 Å². The molecule has 14 heteroatoms. The molecule has 14 nitrogen and oxygen atoms in total. The Labute approximate surface area is 292 Å². The Bertz CT molecular complexity index is 1110. The van der Waals surface area contributed by atoms with Gasteiger partial charge in [0.2, 0.25) is 5.91 Å². The molecule has 1 amide bonds. The van der Waals surface area contributed by atoms with Gasteiger partial charge in [0.15, 0.2) is 12.6 Å².